The number of hydrogen-bond donors (Lipinski definition) is 3. The second-order valence-corrected chi connectivity index (χ2v) is 17.2. The predicted octanol–water partition coefficient (Wildman–Crippen LogP) is 15.6. The van der Waals surface area contributed by atoms with Crippen molar-refractivity contribution in [3.8, 4) is 0 Å². The molecule has 0 radical (unpaired) electrons. The van der Waals surface area contributed by atoms with Crippen LogP contribution < -0.4 is 5.32 Å². The minimum atomic E-state index is -0.804. The van der Waals surface area contributed by atoms with Crippen LogP contribution in [-0.2, 0) is 14.3 Å². The van der Waals surface area contributed by atoms with Gasteiger partial charge in [0.1, 0.15) is 6.10 Å². The van der Waals surface area contributed by atoms with Gasteiger partial charge in [-0.05, 0) is 89.9 Å². The first-order chi connectivity index (χ1) is 30.5. The van der Waals surface area contributed by atoms with Crippen LogP contribution in [0.5, 0.6) is 0 Å². The van der Waals surface area contributed by atoms with Crippen LogP contribution in [0.25, 0.3) is 0 Å². The van der Waals surface area contributed by atoms with Crippen molar-refractivity contribution in [2.45, 2.75) is 251 Å². The normalized spacial score (nSPS) is 14.0. The molecule has 0 saturated carbocycles. The summed E-state index contributed by atoms with van der Waals surface area (Å²) in [5.74, 6) is -0.586. The number of esters is 1. The Morgan fingerprint density at radius 1 is 0.484 bits per heavy atom. The van der Waals surface area contributed by atoms with Crippen molar-refractivity contribution >= 4 is 11.9 Å². The lowest BCUT2D eigenvalue weighted by atomic mass is 10.0. The third-order valence-corrected chi connectivity index (χ3v) is 11.2. The summed E-state index contributed by atoms with van der Waals surface area (Å²) < 4.78 is 5.89. The fraction of sp³-hybridized carbons (Fsp3) is 0.714. The summed E-state index contributed by atoms with van der Waals surface area (Å²) in [6.45, 7) is 6.32. The number of unbranched alkanes of at least 4 members (excludes halogenated alkanes) is 19. The van der Waals surface area contributed by atoms with E-state index in [-0.39, 0.29) is 31.3 Å². The Morgan fingerprint density at radius 3 is 1.32 bits per heavy atom. The van der Waals surface area contributed by atoms with E-state index in [1.807, 2.05) is 6.08 Å². The van der Waals surface area contributed by atoms with E-state index in [9.17, 15) is 19.8 Å². The minimum absolute atomic E-state index is 0.0380. The number of hydrogen-bond acceptors (Lipinski definition) is 5. The average molecular weight is 864 g/mol. The van der Waals surface area contributed by atoms with Crippen LogP contribution in [0.1, 0.15) is 233 Å². The van der Waals surface area contributed by atoms with Crippen LogP contribution in [0.15, 0.2) is 85.1 Å². The van der Waals surface area contributed by atoms with Gasteiger partial charge in [-0.15, -0.1) is 0 Å². The van der Waals surface area contributed by atoms with Crippen molar-refractivity contribution < 1.29 is 24.5 Å². The Kier molecular flexibility index (Phi) is 46.7. The largest absolute Gasteiger partial charge is 0.462 e. The number of rotatable bonds is 45. The molecule has 3 unspecified atom stereocenters. The SMILES string of the molecule is CC/C=C\C/C=C\C/C=C\C/C=C\C/C=C\C/C=C\CCC(=O)OC(CCCCCCC/C=C/CCCCCCCC)CC(=O)NC(CO)C(O)CCCCCCCCCCC. The molecule has 6 heteroatoms. The molecule has 62 heavy (non-hydrogen) atoms. The minimum Gasteiger partial charge on any atom is -0.462 e. The molecule has 0 aromatic carbocycles. The Bertz CT molecular complexity index is 1200. The highest BCUT2D eigenvalue weighted by atomic mass is 16.5. The van der Waals surface area contributed by atoms with Crippen molar-refractivity contribution in [2.24, 2.45) is 0 Å². The third kappa shape index (κ3) is 43.7. The van der Waals surface area contributed by atoms with E-state index in [1.165, 1.54) is 96.3 Å². The van der Waals surface area contributed by atoms with Gasteiger partial charge in [0.05, 0.1) is 25.2 Å². The smallest absolute Gasteiger partial charge is 0.306 e. The van der Waals surface area contributed by atoms with Crippen molar-refractivity contribution in [1.82, 2.24) is 5.32 Å². The van der Waals surface area contributed by atoms with Gasteiger partial charge in [0.15, 0.2) is 0 Å². The molecule has 3 atom stereocenters. The third-order valence-electron chi connectivity index (χ3n) is 11.2. The summed E-state index contributed by atoms with van der Waals surface area (Å²) in [5.41, 5.74) is 0. The van der Waals surface area contributed by atoms with Gasteiger partial charge in [-0.3, -0.25) is 9.59 Å². The highest BCUT2D eigenvalue weighted by Gasteiger charge is 2.24. The van der Waals surface area contributed by atoms with Gasteiger partial charge in [-0.25, -0.2) is 0 Å². The van der Waals surface area contributed by atoms with E-state index < -0.39 is 18.2 Å². The van der Waals surface area contributed by atoms with Crippen molar-refractivity contribution in [2.75, 3.05) is 6.61 Å². The Hall–Kier alpha value is -2.96. The molecule has 0 bridgehead atoms. The number of nitrogens with one attached hydrogen (secondary N) is 1. The maximum Gasteiger partial charge on any atom is 0.306 e. The maximum absolute atomic E-state index is 13.2. The first kappa shape index (κ1) is 59.0. The standard InChI is InChI=1S/C56H97NO5/c1-4-7-10-13-16-19-21-23-25-26-27-28-30-32-34-37-40-43-46-49-56(61)62-52(47-44-41-38-36-33-31-29-24-22-20-17-14-11-8-5-2)50-55(60)57-53(51-58)54(59)48-45-42-39-35-18-15-12-9-6-3/h7,10,16,19,23-25,27-29,32,34,40,43,52-54,58-59H,4-6,8-9,11-15,17-18,20-22,26,30-31,33,35-39,41-42,44-51H2,1-3H3,(H,57,60)/b10-7-,19-16-,25-23-,28-27-,29-24+,34-32-,43-40-. The maximum atomic E-state index is 13.2. The molecule has 0 aliphatic heterocycles. The van der Waals surface area contributed by atoms with E-state index in [2.05, 4.69) is 105 Å². The Balaban J connectivity index is 4.71. The highest BCUT2D eigenvalue weighted by molar-refractivity contribution is 5.77. The summed E-state index contributed by atoms with van der Waals surface area (Å²) in [4.78, 5) is 26.1. The summed E-state index contributed by atoms with van der Waals surface area (Å²) in [6.07, 6.45) is 63.7. The Morgan fingerprint density at radius 2 is 0.871 bits per heavy atom. The lowest BCUT2D eigenvalue weighted by Crippen LogP contribution is -2.46. The first-order valence-corrected chi connectivity index (χ1v) is 25.8. The van der Waals surface area contributed by atoms with Gasteiger partial charge in [0.25, 0.3) is 0 Å². The second kappa shape index (κ2) is 49.1. The number of aliphatic hydroxyl groups excluding tert-OH is 2. The summed E-state index contributed by atoms with van der Waals surface area (Å²) in [5, 5.41) is 23.7. The molecular weight excluding hydrogens is 767 g/mol. The lowest BCUT2D eigenvalue weighted by Gasteiger charge is -2.24. The summed E-state index contributed by atoms with van der Waals surface area (Å²) in [6, 6.07) is -0.721. The molecule has 0 heterocycles. The van der Waals surface area contributed by atoms with Gasteiger partial charge >= 0.3 is 5.97 Å². The van der Waals surface area contributed by atoms with Gasteiger partial charge in [0, 0.05) is 6.42 Å². The molecule has 0 aromatic heterocycles. The van der Waals surface area contributed by atoms with Crippen LogP contribution in [0, 0.1) is 0 Å². The molecule has 356 valence electrons. The van der Waals surface area contributed by atoms with Gasteiger partial charge < -0.3 is 20.3 Å². The van der Waals surface area contributed by atoms with Crippen LogP contribution in [0.2, 0.25) is 0 Å². The molecule has 1 amide bonds. The molecule has 0 rings (SSSR count). The molecule has 3 N–H and O–H groups in total. The zero-order valence-corrected chi connectivity index (χ0v) is 40.5. The van der Waals surface area contributed by atoms with E-state index in [0.29, 0.717) is 19.3 Å². The van der Waals surface area contributed by atoms with Crippen molar-refractivity contribution in [3.63, 3.8) is 0 Å². The lowest BCUT2D eigenvalue weighted by molar-refractivity contribution is -0.150. The fourth-order valence-corrected chi connectivity index (χ4v) is 7.33. The van der Waals surface area contributed by atoms with Gasteiger partial charge in [-0.1, -0.05) is 215 Å². The molecule has 0 aliphatic rings. The zero-order chi connectivity index (χ0) is 45.2. The number of carbonyl (C=O) groups is 2. The summed E-state index contributed by atoms with van der Waals surface area (Å²) >= 11 is 0. The van der Waals surface area contributed by atoms with E-state index in [0.717, 1.165) is 83.5 Å². The molecule has 0 aliphatic carbocycles. The molecular formula is C56H97NO5. The summed E-state index contributed by atoms with van der Waals surface area (Å²) in [7, 11) is 0. The van der Waals surface area contributed by atoms with Crippen molar-refractivity contribution in [1.29, 1.82) is 0 Å². The fourth-order valence-electron chi connectivity index (χ4n) is 7.33. The van der Waals surface area contributed by atoms with Crippen LogP contribution in [-0.4, -0.2) is 46.9 Å². The predicted molar refractivity (Wildman–Crippen MR) is 268 cm³/mol. The Labute approximate surface area is 383 Å². The van der Waals surface area contributed by atoms with Crippen LogP contribution in [0.4, 0.5) is 0 Å². The molecule has 6 nitrogen and oxygen atoms in total. The van der Waals surface area contributed by atoms with Gasteiger partial charge in [-0.2, -0.15) is 0 Å². The highest BCUT2D eigenvalue weighted by Crippen LogP contribution is 2.17. The van der Waals surface area contributed by atoms with Gasteiger partial charge in [0.2, 0.25) is 5.91 Å². The van der Waals surface area contributed by atoms with Crippen molar-refractivity contribution in [3.05, 3.63) is 85.1 Å². The van der Waals surface area contributed by atoms with E-state index >= 15 is 0 Å². The molecule has 0 fully saturated rings. The van der Waals surface area contributed by atoms with E-state index in [4.69, 9.17) is 4.74 Å². The number of allylic oxidation sites excluding steroid dienone is 14. The molecule has 0 aromatic rings. The van der Waals surface area contributed by atoms with E-state index in [1.54, 1.807) is 0 Å². The quantitative estimate of drug-likeness (QED) is 0.0322. The number of ether oxygens (including phenoxy) is 1. The molecule has 0 saturated heterocycles. The number of aliphatic hydroxyl groups is 2. The van der Waals surface area contributed by atoms with Crippen LogP contribution >= 0.6 is 0 Å². The molecule has 0 spiro atoms. The monoisotopic (exact) mass is 864 g/mol. The zero-order valence-electron chi connectivity index (χ0n) is 40.5. The topological polar surface area (TPSA) is 95.9 Å². The van der Waals surface area contributed by atoms with Crippen LogP contribution in [0.3, 0.4) is 0 Å². The first-order valence-electron chi connectivity index (χ1n) is 25.8. The number of amides is 1. The second-order valence-electron chi connectivity index (χ2n) is 17.2. The average Bonchev–Trinajstić information content (AvgIpc) is 3.26. The number of carbonyl (C=O) groups excluding carboxylic acids is 2.